The van der Waals surface area contributed by atoms with Gasteiger partial charge in [0, 0.05) is 13.2 Å². The molecule has 6 heteroatoms. The highest BCUT2D eigenvalue weighted by Gasteiger charge is 2.20. The monoisotopic (exact) mass is 245 g/mol. The van der Waals surface area contributed by atoms with Crippen molar-refractivity contribution < 1.29 is 17.6 Å². The summed E-state index contributed by atoms with van der Waals surface area (Å²) >= 11 is 0. The number of hydrogen-bond acceptors (Lipinski definition) is 4. The second-order valence-corrected chi connectivity index (χ2v) is 5.57. The zero-order valence-corrected chi connectivity index (χ0v) is 9.70. The molecule has 0 saturated carbocycles. The summed E-state index contributed by atoms with van der Waals surface area (Å²) in [5.41, 5.74) is 0. The lowest BCUT2D eigenvalue weighted by Gasteiger charge is -2.21. The summed E-state index contributed by atoms with van der Waals surface area (Å²) in [6, 6.07) is 2.98. The third kappa shape index (κ3) is 2.84. The van der Waals surface area contributed by atoms with Gasteiger partial charge in [0.15, 0.2) is 0 Å². The predicted molar refractivity (Wildman–Crippen MR) is 57.4 cm³/mol. The van der Waals surface area contributed by atoms with E-state index in [1.165, 1.54) is 12.3 Å². The van der Waals surface area contributed by atoms with Crippen molar-refractivity contribution in [1.29, 1.82) is 0 Å². The van der Waals surface area contributed by atoms with E-state index in [0.717, 1.165) is 19.4 Å². The molecular formula is C10H15NO4S. The van der Waals surface area contributed by atoms with Gasteiger partial charge in [0.25, 0.3) is 10.0 Å². The average Bonchev–Trinajstić information content (AvgIpc) is 2.82. The van der Waals surface area contributed by atoms with E-state index < -0.39 is 10.0 Å². The van der Waals surface area contributed by atoms with Crippen LogP contribution in [-0.2, 0) is 14.8 Å². The summed E-state index contributed by atoms with van der Waals surface area (Å²) in [5, 5.41) is -0.0378. The van der Waals surface area contributed by atoms with Crippen LogP contribution in [-0.4, -0.2) is 28.2 Å². The standard InChI is InChI=1S/C10H15NO4S/c12-16(13,10-4-2-6-15-10)11-7-9-3-1-5-14-8-9/h2,4,6,9,11H,1,3,5,7-8H2. The van der Waals surface area contributed by atoms with Gasteiger partial charge >= 0.3 is 0 Å². The number of rotatable bonds is 4. The van der Waals surface area contributed by atoms with E-state index in [9.17, 15) is 8.42 Å². The summed E-state index contributed by atoms with van der Waals surface area (Å²) < 4.78 is 36.0. The normalized spacial score (nSPS) is 22.1. The third-order valence-corrected chi connectivity index (χ3v) is 3.89. The van der Waals surface area contributed by atoms with Crippen LogP contribution in [0.5, 0.6) is 0 Å². The molecule has 1 fully saturated rings. The van der Waals surface area contributed by atoms with E-state index in [2.05, 4.69) is 4.72 Å². The Kier molecular flexibility index (Phi) is 3.63. The van der Waals surface area contributed by atoms with Gasteiger partial charge in [0.05, 0.1) is 12.9 Å². The second kappa shape index (κ2) is 4.99. The molecule has 2 rings (SSSR count). The van der Waals surface area contributed by atoms with Crippen molar-refractivity contribution in [2.24, 2.45) is 5.92 Å². The van der Waals surface area contributed by atoms with Crippen molar-refractivity contribution in [2.45, 2.75) is 17.9 Å². The summed E-state index contributed by atoms with van der Waals surface area (Å²) in [6.07, 6.45) is 3.34. The van der Waals surface area contributed by atoms with Crippen molar-refractivity contribution in [2.75, 3.05) is 19.8 Å². The molecule has 0 spiro atoms. The minimum atomic E-state index is -3.49. The fourth-order valence-corrected chi connectivity index (χ4v) is 2.72. The van der Waals surface area contributed by atoms with E-state index in [1.54, 1.807) is 6.07 Å². The summed E-state index contributed by atoms with van der Waals surface area (Å²) in [7, 11) is -3.49. The van der Waals surface area contributed by atoms with Gasteiger partial charge in [0.1, 0.15) is 0 Å². The van der Waals surface area contributed by atoms with Gasteiger partial charge in [-0.2, -0.15) is 0 Å². The van der Waals surface area contributed by atoms with Crippen molar-refractivity contribution in [3.8, 4) is 0 Å². The largest absolute Gasteiger partial charge is 0.452 e. The highest BCUT2D eigenvalue weighted by atomic mass is 32.2. The Labute approximate surface area is 94.8 Å². The molecule has 16 heavy (non-hydrogen) atoms. The number of nitrogens with one attached hydrogen (secondary N) is 1. The van der Waals surface area contributed by atoms with Crippen molar-refractivity contribution in [3.05, 3.63) is 18.4 Å². The Morgan fingerprint density at radius 1 is 1.50 bits per heavy atom. The first-order valence-corrected chi connectivity index (χ1v) is 6.78. The molecule has 1 saturated heterocycles. The number of hydrogen-bond donors (Lipinski definition) is 1. The van der Waals surface area contributed by atoms with Crippen LogP contribution in [0, 0.1) is 5.92 Å². The Hall–Kier alpha value is -0.850. The van der Waals surface area contributed by atoms with Crippen molar-refractivity contribution in [1.82, 2.24) is 4.72 Å². The van der Waals surface area contributed by atoms with Crippen LogP contribution in [0.1, 0.15) is 12.8 Å². The molecule has 0 aliphatic carbocycles. The smallest absolute Gasteiger partial charge is 0.273 e. The third-order valence-electron chi connectivity index (χ3n) is 2.58. The minimum Gasteiger partial charge on any atom is -0.452 e. The molecule has 1 aromatic rings. The zero-order chi connectivity index (χ0) is 11.4. The number of ether oxygens (including phenoxy) is 1. The van der Waals surface area contributed by atoms with Gasteiger partial charge in [0.2, 0.25) is 5.09 Å². The van der Waals surface area contributed by atoms with E-state index in [4.69, 9.17) is 9.15 Å². The lowest BCUT2D eigenvalue weighted by atomic mass is 10.0. The van der Waals surface area contributed by atoms with Gasteiger partial charge in [-0.1, -0.05) is 0 Å². The molecule has 1 N–H and O–H groups in total. The van der Waals surface area contributed by atoms with Gasteiger partial charge in [-0.05, 0) is 30.9 Å². The predicted octanol–water partition coefficient (Wildman–Crippen LogP) is 0.984. The van der Waals surface area contributed by atoms with Crippen LogP contribution in [0.3, 0.4) is 0 Å². The van der Waals surface area contributed by atoms with Crippen molar-refractivity contribution >= 4 is 10.0 Å². The molecule has 1 aliphatic heterocycles. The maximum Gasteiger partial charge on any atom is 0.273 e. The molecular weight excluding hydrogens is 230 g/mol. The molecule has 90 valence electrons. The summed E-state index contributed by atoms with van der Waals surface area (Å²) in [4.78, 5) is 0. The zero-order valence-electron chi connectivity index (χ0n) is 8.89. The van der Waals surface area contributed by atoms with Crippen LogP contribution < -0.4 is 4.72 Å². The van der Waals surface area contributed by atoms with Gasteiger partial charge in [-0.15, -0.1) is 0 Å². The molecule has 5 nitrogen and oxygen atoms in total. The maximum absolute atomic E-state index is 11.7. The molecule has 1 unspecified atom stereocenters. The van der Waals surface area contributed by atoms with E-state index in [0.29, 0.717) is 13.2 Å². The molecule has 0 bridgehead atoms. The van der Waals surface area contributed by atoms with Crippen LogP contribution in [0.2, 0.25) is 0 Å². The first-order chi connectivity index (χ1) is 7.68. The minimum absolute atomic E-state index is 0.0378. The SMILES string of the molecule is O=S(=O)(NCC1CCCOC1)c1ccco1. The number of furan rings is 1. The topological polar surface area (TPSA) is 68.5 Å². The molecule has 0 aromatic carbocycles. The molecule has 0 radical (unpaired) electrons. The van der Waals surface area contributed by atoms with Crippen LogP contribution in [0.25, 0.3) is 0 Å². The van der Waals surface area contributed by atoms with Crippen molar-refractivity contribution in [3.63, 3.8) is 0 Å². The fourth-order valence-electron chi connectivity index (χ4n) is 1.68. The highest BCUT2D eigenvalue weighted by molar-refractivity contribution is 7.89. The Bertz CT molecular complexity index is 406. The first-order valence-electron chi connectivity index (χ1n) is 5.29. The summed E-state index contributed by atoms with van der Waals surface area (Å²) in [5.74, 6) is 0.262. The Morgan fingerprint density at radius 2 is 2.38 bits per heavy atom. The van der Waals surface area contributed by atoms with E-state index in [1.807, 2.05) is 0 Å². The van der Waals surface area contributed by atoms with Crippen LogP contribution >= 0.6 is 0 Å². The molecule has 2 heterocycles. The fraction of sp³-hybridized carbons (Fsp3) is 0.600. The second-order valence-electron chi connectivity index (χ2n) is 3.87. The molecule has 1 atom stereocenters. The van der Waals surface area contributed by atoms with E-state index >= 15 is 0 Å². The lowest BCUT2D eigenvalue weighted by Crippen LogP contribution is -2.33. The van der Waals surface area contributed by atoms with Gasteiger partial charge < -0.3 is 9.15 Å². The molecule has 1 aromatic heterocycles. The summed E-state index contributed by atoms with van der Waals surface area (Å²) in [6.45, 7) is 1.81. The van der Waals surface area contributed by atoms with E-state index in [-0.39, 0.29) is 11.0 Å². The highest BCUT2D eigenvalue weighted by Crippen LogP contribution is 2.14. The van der Waals surface area contributed by atoms with Gasteiger partial charge in [-0.25, -0.2) is 13.1 Å². The first kappa shape index (κ1) is 11.6. The Balaban J connectivity index is 1.89. The average molecular weight is 245 g/mol. The van der Waals surface area contributed by atoms with Crippen LogP contribution in [0.15, 0.2) is 27.9 Å². The van der Waals surface area contributed by atoms with Gasteiger partial charge in [-0.3, -0.25) is 0 Å². The lowest BCUT2D eigenvalue weighted by molar-refractivity contribution is 0.0567. The molecule has 1 aliphatic rings. The maximum atomic E-state index is 11.7. The van der Waals surface area contributed by atoms with Crippen LogP contribution in [0.4, 0.5) is 0 Å². The Morgan fingerprint density at radius 3 is 3.00 bits per heavy atom. The number of sulfonamides is 1. The molecule has 0 amide bonds. The quantitative estimate of drug-likeness (QED) is 0.858.